The lowest BCUT2D eigenvalue weighted by atomic mass is 10.0. The first-order valence-electron chi connectivity index (χ1n) is 10.4. The first-order chi connectivity index (χ1) is 15.3. The van der Waals surface area contributed by atoms with Crippen LogP contribution in [0, 0.1) is 0 Å². The van der Waals surface area contributed by atoms with Crippen LogP contribution in [0.15, 0.2) is 73.4 Å². The molecule has 0 bridgehead atoms. The molecule has 0 spiro atoms. The SMILES string of the molecule is c1cc(-c2cnn3cc(-c4ccc(O[C@H]5CCNC5)cn4)cnc23)c2cccnc2c1. The van der Waals surface area contributed by atoms with Crippen LogP contribution in [0.2, 0.25) is 0 Å². The molecule has 7 nitrogen and oxygen atoms in total. The quantitative estimate of drug-likeness (QED) is 0.488. The van der Waals surface area contributed by atoms with E-state index in [2.05, 4.69) is 32.5 Å². The summed E-state index contributed by atoms with van der Waals surface area (Å²) in [5.41, 5.74) is 5.53. The van der Waals surface area contributed by atoms with Gasteiger partial charge in [0.1, 0.15) is 11.9 Å². The van der Waals surface area contributed by atoms with Gasteiger partial charge < -0.3 is 10.1 Å². The number of nitrogens with one attached hydrogen (secondary N) is 1. The zero-order valence-electron chi connectivity index (χ0n) is 16.8. The summed E-state index contributed by atoms with van der Waals surface area (Å²) in [4.78, 5) is 13.7. The summed E-state index contributed by atoms with van der Waals surface area (Å²) >= 11 is 0. The highest BCUT2D eigenvalue weighted by Crippen LogP contribution is 2.30. The first-order valence-corrected chi connectivity index (χ1v) is 10.4. The van der Waals surface area contributed by atoms with Crippen molar-refractivity contribution in [2.24, 2.45) is 0 Å². The summed E-state index contributed by atoms with van der Waals surface area (Å²) < 4.78 is 7.76. The average Bonchev–Trinajstić information content (AvgIpc) is 3.49. The smallest absolute Gasteiger partial charge is 0.162 e. The number of nitrogens with zero attached hydrogens (tertiary/aromatic N) is 5. The Balaban J connectivity index is 1.33. The molecule has 5 heterocycles. The molecule has 1 aliphatic heterocycles. The maximum absolute atomic E-state index is 5.96. The molecule has 0 unspecified atom stereocenters. The lowest BCUT2D eigenvalue weighted by molar-refractivity contribution is 0.222. The second-order valence-electron chi connectivity index (χ2n) is 7.66. The molecular formula is C24H20N6O. The van der Waals surface area contributed by atoms with Crippen LogP contribution < -0.4 is 10.1 Å². The summed E-state index contributed by atoms with van der Waals surface area (Å²) in [6, 6.07) is 14.0. The van der Waals surface area contributed by atoms with Gasteiger partial charge in [0.15, 0.2) is 5.65 Å². The Hall–Kier alpha value is -3.84. The second-order valence-corrected chi connectivity index (χ2v) is 7.66. The number of hydrogen-bond acceptors (Lipinski definition) is 6. The summed E-state index contributed by atoms with van der Waals surface area (Å²) in [6.07, 6.45) is 10.5. The molecule has 7 heteroatoms. The van der Waals surface area contributed by atoms with Gasteiger partial charge >= 0.3 is 0 Å². The number of hydrogen-bond donors (Lipinski definition) is 1. The predicted octanol–water partition coefficient (Wildman–Crippen LogP) is 3.75. The summed E-state index contributed by atoms with van der Waals surface area (Å²) in [7, 11) is 0. The van der Waals surface area contributed by atoms with Crippen molar-refractivity contribution in [1.29, 1.82) is 0 Å². The van der Waals surface area contributed by atoms with Crippen molar-refractivity contribution < 1.29 is 4.74 Å². The molecule has 1 atom stereocenters. The number of benzene rings is 1. The molecule has 0 aliphatic carbocycles. The zero-order valence-corrected chi connectivity index (χ0v) is 16.8. The van der Waals surface area contributed by atoms with Crippen molar-refractivity contribution >= 4 is 16.6 Å². The first kappa shape index (κ1) is 18.0. The molecule has 1 saturated heterocycles. The Morgan fingerprint density at radius 1 is 0.935 bits per heavy atom. The number of pyridine rings is 2. The summed E-state index contributed by atoms with van der Waals surface area (Å²) in [5.74, 6) is 0.789. The van der Waals surface area contributed by atoms with E-state index in [1.54, 1.807) is 16.9 Å². The Kier molecular flexibility index (Phi) is 4.32. The third kappa shape index (κ3) is 3.29. The molecule has 152 valence electrons. The summed E-state index contributed by atoms with van der Waals surface area (Å²) in [6.45, 7) is 1.89. The molecule has 1 fully saturated rings. The predicted molar refractivity (Wildman–Crippen MR) is 119 cm³/mol. The minimum absolute atomic E-state index is 0.220. The van der Waals surface area contributed by atoms with E-state index in [0.29, 0.717) is 0 Å². The van der Waals surface area contributed by atoms with E-state index in [9.17, 15) is 0 Å². The number of fused-ring (bicyclic) bond motifs is 2. The highest BCUT2D eigenvalue weighted by atomic mass is 16.5. The molecule has 6 rings (SSSR count). The highest BCUT2D eigenvalue weighted by molar-refractivity contribution is 5.97. The van der Waals surface area contributed by atoms with Crippen LogP contribution in [0.3, 0.4) is 0 Å². The van der Waals surface area contributed by atoms with E-state index < -0.39 is 0 Å². The van der Waals surface area contributed by atoms with Crippen molar-refractivity contribution in [2.45, 2.75) is 12.5 Å². The number of ether oxygens (including phenoxy) is 1. The fourth-order valence-electron chi connectivity index (χ4n) is 4.08. The topological polar surface area (TPSA) is 77.2 Å². The van der Waals surface area contributed by atoms with E-state index in [4.69, 9.17) is 9.72 Å². The van der Waals surface area contributed by atoms with E-state index in [-0.39, 0.29) is 6.10 Å². The van der Waals surface area contributed by atoms with Crippen LogP contribution in [-0.2, 0) is 0 Å². The van der Waals surface area contributed by atoms with Gasteiger partial charge in [0.05, 0.1) is 23.6 Å². The Morgan fingerprint density at radius 2 is 1.94 bits per heavy atom. The van der Waals surface area contributed by atoms with E-state index in [1.165, 1.54) is 0 Å². The van der Waals surface area contributed by atoms with Gasteiger partial charge in [0.2, 0.25) is 0 Å². The van der Waals surface area contributed by atoms with Gasteiger partial charge in [-0.2, -0.15) is 5.10 Å². The van der Waals surface area contributed by atoms with Gasteiger partial charge in [-0.3, -0.25) is 9.97 Å². The van der Waals surface area contributed by atoms with Gasteiger partial charge in [-0.25, -0.2) is 9.50 Å². The third-order valence-corrected chi connectivity index (χ3v) is 5.64. The number of aromatic nitrogens is 5. The lowest BCUT2D eigenvalue weighted by Crippen LogP contribution is -2.19. The molecule has 5 aromatic rings. The average molecular weight is 408 g/mol. The Labute approximate surface area is 178 Å². The lowest BCUT2D eigenvalue weighted by Gasteiger charge is -2.12. The molecule has 1 aromatic carbocycles. The molecule has 4 aromatic heterocycles. The fraction of sp³-hybridized carbons (Fsp3) is 0.167. The standard InChI is InChI=1S/C24H20N6O/c1-3-19(20-4-2-9-26-23(20)5-1)21-14-29-30-15-16(11-28-24(21)30)22-7-6-17(13-27-22)31-18-8-10-25-12-18/h1-7,9,11,13-15,18,25H,8,10,12H2/t18-/m0/s1. The van der Waals surface area contributed by atoms with Crippen LogP contribution in [0.1, 0.15) is 6.42 Å². The summed E-state index contributed by atoms with van der Waals surface area (Å²) in [5, 5.41) is 8.94. The van der Waals surface area contributed by atoms with Crippen molar-refractivity contribution in [3.8, 4) is 28.1 Å². The molecule has 1 aliphatic rings. The Bertz CT molecular complexity index is 1370. The van der Waals surface area contributed by atoms with Gasteiger partial charge in [-0.1, -0.05) is 18.2 Å². The molecule has 1 N–H and O–H groups in total. The largest absolute Gasteiger partial charge is 0.487 e. The van der Waals surface area contributed by atoms with Gasteiger partial charge in [0.25, 0.3) is 0 Å². The highest BCUT2D eigenvalue weighted by Gasteiger charge is 2.16. The minimum atomic E-state index is 0.220. The van der Waals surface area contributed by atoms with Crippen molar-refractivity contribution in [1.82, 2.24) is 29.9 Å². The maximum Gasteiger partial charge on any atom is 0.162 e. The molecular weight excluding hydrogens is 388 g/mol. The zero-order chi connectivity index (χ0) is 20.6. The monoisotopic (exact) mass is 408 g/mol. The van der Waals surface area contributed by atoms with E-state index in [0.717, 1.165) is 64.2 Å². The van der Waals surface area contributed by atoms with Crippen molar-refractivity contribution in [3.63, 3.8) is 0 Å². The van der Waals surface area contributed by atoms with Gasteiger partial charge in [-0.15, -0.1) is 0 Å². The minimum Gasteiger partial charge on any atom is -0.487 e. The van der Waals surface area contributed by atoms with E-state index in [1.807, 2.05) is 48.9 Å². The van der Waals surface area contributed by atoms with Gasteiger partial charge in [0, 0.05) is 41.6 Å². The molecule has 31 heavy (non-hydrogen) atoms. The van der Waals surface area contributed by atoms with Crippen LogP contribution >= 0.6 is 0 Å². The molecule has 0 radical (unpaired) electrons. The molecule has 0 saturated carbocycles. The van der Waals surface area contributed by atoms with Crippen LogP contribution in [0.25, 0.3) is 38.9 Å². The second kappa shape index (κ2) is 7.45. The van der Waals surface area contributed by atoms with Gasteiger partial charge in [-0.05, 0) is 42.8 Å². The maximum atomic E-state index is 5.96. The van der Waals surface area contributed by atoms with Crippen LogP contribution in [-0.4, -0.2) is 43.8 Å². The van der Waals surface area contributed by atoms with Crippen molar-refractivity contribution in [3.05, 3.63) is 73.4 Å². The normalized spacial score (nSPS) is 16.2. The van der Waals surface area contributed by atoms with Crippen LogP contribution in [0.5, 0.6) is 5.75 Å². The third-order valence-electron chi connectivity index (χ3n) is 5.64. The molecule has 0 amide bonds. The van der Waals surface area contributed by atoms with Crippen molar-refractivity contribution in [2.75, 3.05) is 13.1 Å². The van der Waals surface area contributed by atoms with Crippen LogP contribution in [0.4, 0.5) is 0 Å². The fourth-order valence-corrected chi connectivity index (χ4v) is 4.08. The van der Waals surface area contributed by atoms with E-state index >= 15 is 0 Å². The Morgan fingerprint density at radius 3 is 2.81 bits per heavy atom. The number of rotatable bonds is 4.